The molecular weight excluding hydrogens is 334 g/mol. The lowest BCUT2D eigenvalue weighted by Gasteiger charge is -2.12. The predicted molar refractivity (Wildman–Crippen MR) is 89.1 cm³/mol. The highest BCUT2D eigenvalue weighted by Crippen LogP contribution is 2.30. The summed E-state index contributed by atoms with van der Waals surface area (Å²) in [6.45, 7) is 0. The fourth-order valence-electron chi connectivity index (χ4n) is 2.05. The van der Waals surface area contributed by atoms with Gasteiger partial charge in [0.05, 0.1) is 7.11 Å². The van der Waals surface area contributed by atoms with Gasteiger partial charge in [-0.1, -0.05) is 22.7 Å². The van der Waals surface area contributed by atoms with Crippen molar-refractivity contribution in [3.8, 4) is 17.0 Å². The zero-order valence-corrected chi connectivity index (χ0v) is 13.8. The van der Waals surface area contributed by atoms with Crippen molar-refractivity contribution < 1.29 is 13.2 Å². The molecule has 0 fully saturated rings. The van der Waals surface area contributed by atoms with Crippen LogP contribution in [0.1, 0.15) is 0 Å². The van der Waals surface area contributed by atoms with Gasteiger partial charge in [-0.25, -0.2) is 8.42 Å². The largest absolute Gasteiger partial charge is 0.495 e. The molecule has 0 saturated carbocycles. The maximum absolute atomic E-state index is 12.7. The van der Waals surface area contributed by atoms with Crippen LogP contribution >= 0.6 is 11.5 Å². The molecule has 0 aliphatic heterocycles. The fraction of sp³-hybridized carbons (Fsp3) is 0.0667. The molecule has 118 valence electrons. The highest BCUT2D eigenvalue weighted by atomic mass is 32.2. The molecule has 1 aromatic heterocycles. The van der Waals surface area contributed by atoms with Gasteiger partial charge in [-0.15, -0.1) is 5.10 Å². The van der Waals surface area contributed by atoms with Gasteiger partial charge in [0, 0.05) is 16.6 Å². The number of ether oxygens (including phenoxy) is 1. The van der Waals surface area contributed by atoms with Crippen molar-refractivity contribution in [2.45, 2.75) is 4.90 Å². The van der Waals surface area contributed by atoms with E-state index in [0.29, 0.717) is 16.9 Å². The summed E-state index contributed by atoms with van der Waals surface area (Å²) in [5, 5.41) is 5.71. The van der Waals surface area contributed by atoms with Crippen molar-refractivity contribution in [2.75, 3.05) is 11.8 Å². The van der Waals surface area contributed by atoms with Crippen LogP contribution < -0.4 is 9.46 Å². The number of anilines is 1. The van der Waals surface area contributed by atoms with E-state index in [4.69, 9.17) is 4.74 Å². The van der Waals surface area contributed by atoms with Crippen LogP contribution in [0, 0.1) is 0 Å². The van der Waals surface area contributed by atoms with Gasteiger partial charge in [-0.3, -0.25) is 4.72 Å². The second kappa shape index (κ2) is 6.35. The summed E-state index contributed by atoms with van der Waals surface area (Å²) >= 11 is 1.20. The number of aromatic nitrogens is 2. The minimum Gasteiger partial charge on any atom is -0.495 e. The normalized spacial score (nSPS) is 11.2. The number of nitrogens with zero attached hydrogens (tertiary/aromatic N) is 2. The SMILES string of the molecule is COc1ccc(-c2csnn2)cc1S(=O)(=O)Nc1ccccc1. The van der Waals surface area contributed by atoms with Crippen molar-refractivity contribution in [3.63, 3.8) is 0 Å². The average Bonchev–Trinajstić information content (AvgIpc) is 3.09. The monoisotopic (exact) mass is 347 g/mol. The molecule has 23 heavy (non-hydrogen) atoms. The smallest absolute Gasteiger partial charge is 0.265 e. The summed E-state index contributed by atoms with van der Waals surface area (Å²) in [6.07, 6.45) is 0. The molecule has 0 atom stereocenters. The molecule has 0 saturated heterocycles. The van der Waals surface area contributed by atoms with E-state index in [2.05, 4.69) is 14.3 Å². The molecule has 1 N–H and O–H groups in total. The molecule has 0 bridgehead atoms. The number of rotatable bonds is 5. The lowest BCUT2D eigenvalue weighted by molar-refractivity contribution is 0.403. The first kappa shape index (κ1) is 15.4. The highest BCUT2D eigenvalue weighted by molar-refractivity contribution is 7.92. The summed E-state index contributed by atoms with van der Waals surface area (Å²) in [5.74, 6) is 0.264. The summed E-state index contributed by atoms with van der Waals surface area (Å²) in [7, 11) is -2.36. The van der Waals surface area contributed by atoms with Gasteiger partial charge in [0.2, 0.25) is 0 Å². The summed E-state index contributed by atoms with van der Waals surface area (Å²) in [6, 6.07) is 13.6. The molecule has 3 aromatic rings. The van der Waals surface area contributed by atoms with Crippen molar-refractivity contribution >= 4 is 27.2 Å². The number of benzene rings is 2. The molecule has 1 heterocycles. The van der Waals surface area contributed by atoms with Gasteiger partial charge in [-0.2, -0.15) is 0 Å². The number of hydrogen-bond donors (Lipinski definition) is 1. The Balaban J connectivity index is 2.04. The Morgan fingerprint density at radius 2 is 1.91 bits per heavy atom. The van der Waals surface area contributed by atoms with Crippen LogP contribution in [0.5, 0.6) is 5.75 Å². The second-order valence-corrected chi connectivity index (χ2v) is 6.89. The van der Waals surface area contributed by atoms with Gasteiger partial charge < -0.3 is 4.74 Å². The van der Waals surface area contributed by atoms with E-state index >= 15 is 0 Å². The topological polar surface area (TPSA) is 81.2 Å². The maximum Gasteiger partial charge on any atom is 0.265 e. The molecule has 3 rings (SSSR count). The minimum atomic E-state index is -3.79. The zero-order chi connectivity index (χ0) is 16.3. The van der Waals surface area contributed by atoms with Crippen LogP contribution in [0.4, 0.5) is 5.69 Å². The molecule has 0 aliphatic rings. The number of sulfonamides is 1. The molecule has 0 spiro atoms. The molecule has 0 unspecified atom stereocenters. The van der Waals surface area contributed by atoms with Crippen molar-refractivity contribution in [3.05, 3.63) is 53.9 Å². The van der Waals surface area contributed by atoms with Crippen LogP contribution in [0.3, 0.4) is 0 Å². The Kier molecular flexibility index (Phi) is 4.26. The van der Waals surface area contributed by atoms with Gasteiger partial charge in [-0.05, 0) is 41.9 Å². The van der Waals surface area contributed by atoms with Gasteiger partial charge >= 0.3 is 0 Å². The molecule has 6 nitrogen and oxygen atoms in total. The van der Waals surface area contributed by atoms with E-state index in [-0.39, 0.29) is 10.6 Å². The summed E-state index contributed by atoms with van der Waals surface area (Å²) in [4.78, 5) is 0.0503. The Labute approximate surface area is 138 Å². The van der Waals surface area contributed by atoms with Crippen molar-refractivity contribution in [2.24, 2.45) is 0 Å². The predicted octanol–water partition coefficient (Wildman–Crippen LogP) is 3.01. The molecule has 2 aromatic carbocycles. The summed E-state index contributed by atoms with van der Waals surface area (Å²) in [5.41, 5.74) is 1.76. The molecule has 0 amide bonds. The molecule has 0 aliphatic carbocycles. The lowest BCUT2D eigenvalue weighted by atomic mass is 10.2. The molecular formula is C15H13N3O3S2. The number of hydrogen-bond acceptors (Lipinski definition) is 6. The van der Waals surface area contributed by atoms with Crippen LogP contribution in [0.2, 0.25) is 0 Å². The van der Waals surface area contributed by atoms with Crippen LogP contribution in [-0.2, 0) is 10.0 Å². The highest BCUT2D eigenvalue weighted by Gasteiger charge is 2.21. The van der Waals surface area contributed by atoms with Crippen molar-refractivity contribution in [1.82, 2.24) is 9.59 Å². The van der Waals surface area contributed by atoms with Crippen LogP contribution in [0.25, 0.3) is 11.3 Å². The van der Waals surface area contributed by atoms with E-state index in [9.17, 15) is 8.42 Å². The summed E-state index contributed by atoms with van der Waals surface area (Å²) < 4.78 is 36.9. The Bertz CT molecular complexity index is 895. The van der Waals surface area contributed by atoms with E-state index in [1.54, 1.807) is 41.8 Å². The van der Waals surface area contributed by atoms with E-state index in [0.717, 1.165) is 0 Å². The van der Waals surface area contributed by atoms with Gasteiger partial charge in [0.25, 0.3) is 10.0 Å². The van der Waals surface area contributed by atoms with Gasteiger partial charge in [0.15, 0.2) is 0 Å². The second-order valence-electron chi connectivity index (χ2n) is 4.63. The van der Waals surface area contributed by atoms with E-state index in [1.165, 1.54) is 24.7 Å². The van der Waals surface area contributed by atoms with Gasteiger partial charge in [0.1, 0.15) is 16.3 Å². The Hall–Kier alpha value is -2.45. The lowest BCUT2D eigenvalue weighted by Crippen LogP contribution is -2.14. The van der Waals surface area contributed by atoms with Crippen LogP contribution in [0.15, 0.2) is 58.8 Å². The van der Waals surface area contributed by atoms with E-state index in [1.807, 2.05) is 6.07 Å². The fourth-order valence-corrected chi connectivity index (χ4v) is 3.77. The Morgan fingerprint density at radius 1 is 1.13 bits per heavy atom. The van der Waals surface area contributed by atoms with Crippen molar-refractivity contribution in [1.29, 1.82) is 0 Å². The third kappa shape index (κ3) is 3.33. The van der Waals surface area contributed by atoms with Crippen LogP contribution in [-0.4, -0.2) is 25.1 Å². The third-order valence-corrected chi connectivity index (χ3v) is 5.04. The first-order valence-electron chi connectivity index (χ1n) is 6.63. The van der Waals surface area contributed by atoms with E-state index < -0.39 is 10.0 Å². The number of para-hydroxylation sites is 1. The first-order chi connectivity index (χ1) is 11.1. The molecule has 8 heteroatoms. The minimum absolute atomic E-state index is 0.0503. The molecule has 0 radical (unpaired) electrons. The third-order valence-electron chi connectivity index (χ3n) is 3.13. The average molecular weight is 347 g/mol. The zero-order valence-electron chi connectivity index (χ0n) is 12.1. The number of nitrogens with one attached hydrogen (secondary N) is 1. The maximum atomic E-state index is 12.7. The Morgan fingerprint density at radius 3 is 2.57 bits per heavy atom. The first-order valence-corrected chi connectivity index (χ1v) is 8.95. The standard InChI is InChI=1S/C15H13N3O3S2/c1-21-14-8-7-11(13-10-22-18-16-13)9-15(14)23(19,20)17-12-5-3-2-4-6-12/h2-10,17H,1H3. The quantitative estimate of drug-likeness (QED) is 0.767. The number of methoxy groups -OCH3 is 1.